The Labute approximate surface area is 511 Å². The Morgan fingerprint density at radius 3 is 1.06 bits per heavy atom. The van der Waals surface area contributed by atoms with Crippen molar-refractivity contribution in [3.8, 4) is 0 Å². The van der Waals surface area contributed by atoms with Gasteiger partial charge >= 0.3 is 0 Å². The second-order valence-electron chi connectivity index (χ2n) is 25.6. The lowest BCUT2D eigenvalue weighted by molar-refractivity contribution is -0.870. The summed E-state index contributed by atoms with van der Waals surface area (Å²) < 4.78 is 23.4. The molecule has 82 heavy (non-hydrogen) atoms. The van der Waals surface area contributed by atoms with E-state index in [0.29, 0.717) is 17.4 Å². The van der Waals surface area contributed by atoms with E-state index in [1.165, 1.54) is 276 Å². The normalized spacial score (nSPS) is 14.0. The fraction of sp³-hybridized carbons (Fsp3) is 0.849. The summed E-state index contributed by atoms with van der Waals surface area (Å²) in [6, 6.07) is -0.912. The number of nitrogens with one attached hydrogen (secondary N) is 1. The van der Waals surface area contributed by atoms with E-state index in [4.69, 9.17) is 9.05 Å². The molecule has 0 aromatic carbocycles. The zero-order valence-electron chi connectivity index (χ0n) is 55.2. The van der Waals surface area contributed by atoms with Crippen LogP contribution in [0.25, 0.3) is 0 Å². The molecule has 3 unspecified atom stereocenters. The molecule has 0 aliphatic rings. The lowest BCUT2D eigenvalue weighted by atomic mass is 10.0. The Balaban J connectivity index is 4.06. The molecule has 3 atom stereocenters. The number of carbonyl (C=O) groups is 1. The molecule has 0 saturated heterocycles. The highest BCUT2D eigenvalue weighted by atomic mass is 31.2. The third kappa shape index (κ3) is 65.7. The first kappa shape index (κ1) is 80.2. The van der Waals surface area contributed by atoms with Gasteiger partial charge in [0.05, 0.1) is 39.9 Å². The molecule has 0 rings (SSSR count). The Morgan fingerprint density at radius 1 is 0.427 bits per heavy atom. The summed E-state index contributed by atoms with van der Waals surface area (Å²) in [5.74, 6) is -0.206. The number of carbonyl (C=O) groups excluding carboxylic acids is 1. The standard InChI is InChI=1S/C73H139N2O6P/c1-6-8-10-12-14-16-18-20-22-24-26-28-30-32-33-34-35-36-37-38-39-40-41-43-45-47-49-51-53-55-57-59-61-63-65-67-73(77)74-71(70-81-82(78,79)80-69-68-75(3,4)5)72(76)66-64-62-60-58-56-54-52-50-48-46-44-42-31-29-27-25-23-21-19-17-15-13-11-9-7-2/h18,20,24,26,48,50,56,58,64,66,71-72,76H,6-17,19,21-23,25,27-47,49,51-55,57,59-63,65,67-70H2,1-5H3,(H-,74,77,78,79)/b20-18-,26-24-,50-48+,58-56+,66-64+. The summed E-state index contributed by atoms with van der Waals surface area (Å²) in [5, 5.41) is 13.9. The summed E-state index contributed by atoms with van der Waals surface area (Å²) in [7, 11) is 1.25. The quantitative estimate of drug-likeness (QED) is 0.0272. The van der Waals surface area contributed by atoms with Crippen molar-refractivity contribution in [1.82, 2.24) is 5.32 Å². The molecule has 0 saturated carbocycles. The van der Waals surface area contributed by atoms with Gasteiger partial charge in [-0.2, -0.15) is 0 Å². The molecule has 2 N–H and O–H groups in total. The summed E-state index contributed by atoms with van der Waals surface area (Å²) in [4.78, 5) is 25.6. The third-order valence-electron chi connectivity index (χ3n) is 16.2. The zero-order chi connectivity index (χ0) is 59.8. The number of unbranched alkanes of at least 4 members (excludes halogenated alkanes) is 45. The van der Waals surface area contributed by atoms with Crippen molar-refractivity contribution in [2.24, 2.45) is 0 Å². The van der Waals surface area contributed by atoms with Crippen molar-refractivity contribution in [2.45, 2.75) is 360 Å². The summed E-state index contributed by atoms with van der Waals surface area (Å²) in [6.07, 6.45) is 87.9. The van der Waals surface area contributed by atoms with Crippen molar-refractivity contribution in [3.05, 3.63) is 60.8 Å². The van der Waals surface area contributed by atoms with Gasteiger partial charge in [-0.1, -0.05) is 325 Å². The smallest absolute Gasteiger partial charge is 0.268 e. The van der Waals surface area contributed by atoms with Gasteiger partial charge in [-0.25, -0.2) is 0 Å². The Bertz CT molecular complexity index is 1520. The summed E-state index contributed by atoms with van der Waals surface area (Å²) in [5.41, 5.74) is 0. The molecule has 9 heteroatoms. The van der Waals surface area contributed by atoms with Gasteiger partial charge in [0, 0.05) is 6.42 Å². The van der Waals surface area contributed by atoms with Crippen molar-refractivity contribution in [1.29, 1.82) is 0 Å². The monoisotopic (exact) mass is 1170 g/mol. The molecule has 482 valence electrons. The van der Waals surface area contributed by atoms with Crippen molar-refractivity contribution in [3.63, 3.8) is 0 Å². The van der Waals surface area contributed by atoms with Crippen LogP contribution in [0.1, 0.15) is 348 Å². The number of hydrogen-bond donors (Lipinski definition) is 2. The molecule has 8 nitrogen and oxygen atoms in total. The first-order valence-electron chi connectivity index (χ1n) is 35.7. The summed E-state index contributed by atoms with van der Waals surface area (Å²) in [6.45, 7) is 4.66. The average Bonchev–Trinajstić information content (AvgIpc) is 3.45. The molecular formula is C73H139N2O6P. The molecular weight excluding hydrogens is 1030 g/mol. The second kappa shape index (κ2) is 63.7. The fourth-order valence-electron chi connectivity index (χ4n) is 10.6. The number of likely N-dealkylation sites (N-methyl/N-ethyl adjacent to an activating group) is 1. The van der Waals surface area contributed by atoms with Crippen LogP contribution in [0.5, 0.6) is 0 Å². The predicted molar refractivity (Wildman–Crippen MR) is 357 cm³/mol. The SMILES string of the molecule is CCCCCCC/C=C\C/C=C\CCCCCCCCCCCCCCCCCCCCCCCCCC(=O)NC(COP(=O)([O-])OCC[N+](C)(C)C)C(O)/C=C/CC/C=C/CC/C=C/CCCCCCCCCCCCCCCCC. The van der Waals surface area contributed by atoms with Crippen LogP contribution in [-0.4, -0.2) is 68.5 Å². The molecule has 1 amide bonds. The number of quaternary nitrogens is 1. The lowest BCUT2D eigenvalue weighted by Crippen LogP contribution is -2.45. The molecule has 0 aromatic rings. The minimum Gasteiger partial charge on any atom is -0.756 e. The van der Waals surface area contributed by atoms with Crippen LogP contribution < -0.4 is 10.2 Å². The second-order valence-corrected chi connectivity index (χ2v) is 27.0. The molecule has 0 bridgehead atoms. The van der Waals surface area contributed by atoms with E-state index in [9.17, 15) is 19.4 Å². The van der Waals surface area contributed by atoms with E-state index in [1.807, 2.05) is 27.2 Å². The van der Waals surface area contributed by atoms with Gasteiger partial charge in [-0.3, -0.25) is 9.36 Å². The Morgan fingerprint density at radius 2 is 0.720 bits per heavy atom. The van der Waals surface area contributed by atoms with Crippen LogP contribution in [0.3, 0.4) is 0 Å². The number of allylic oxidation sites excluding steroid dienone is 9. The van der Waals surface area contributed by atoms with E-state index < -0.39 is 26.6 Å². The number of aliphatic hydroxyl groups is 1. The number of aliphatic hydroxyl groups excluding tert-OH is 1. The average molecular weight is 1170 g/mol. The molecule has 0 aromatic heterocycles. The van der Waals surface area contributed by atoms with Gasteiger partial charge in [0.25, 0.3) is 7.82 Å². The Kier molecular flexibility index (Phi) is 62.3. The van der Waals surface area contributed by atoms with Crippen LogP contribution in [0.15, 0.2) is 60.8 Å². The number of hydrogen-bond acceptors (Lipinski definition) is 6. The molecule has 0 aliphatic carbocycles. The molecule has 0 heterocycles. The van der Waals surface area contributed by atoms with E-state index in [2.05, 4.69) is 67.8 Å². The lowest BCUT2D eigenvalue weighted by Gasteiger charge is -2.29. The van der Waals surface area contributed by atoms with Gasteiger partial charge in [0.1, 0.15) is 13.2 Å². The van der Waals surface area contributed by atoms with Crippen molar-refractivity contribution >= 4 is 13.7 Å². The maximum Gasteiger partial charge on any atom is 0.268 e. The van der Waals surface area contributed by atoms with Crippen LogP contribution in [0.4, 0.5) is 0 Å². The molecule has 0 radical (unpaired) electrons. The Hall–Kier alpha value is -1.80. The van der Waals surface area contributed by atoms with Gasteiger partial charge in [-0.15, -0.1) is 0 Å². The number of phosphoric acid groups is 1. The van der Waals surface area contributed by atoms with Gasteiger partial charge in [0.2, 0.25) is 5.91 Å². The zero-order valence-corrected chi connectivity index (χ0v) is 56.1. The van der Waals surface area contributed by atoms with Crippen molar-refractivity contribution in [2.75, 3.05) is 40.9 Å². The maximum atomic E-state index is 13.0. The predicted octanol–water partition coefficient (Wildman–Crippen LogP) is 22.1. The van der Waals surface area contributed by atoms with E-state index in [0.717, 1.165) is 51.4 Å². The van der Waals surface area contributed by atoms with Crippen LogP contribution in [-0.2, 0) is 18.4 Å². The van der Waals surface area contributed by atoms with E-state index in [1.54, 1.807) is 6.08 Å². The number of amides is 1. The minimum atomic E-state index is -4.62. The number of rotatable bonds is 66. The van der Waals surface area contributed by atoms with E-state index in [-0.39, 0.29) is 12.5 Å². The van der Waals surface area contributed by atoms with Crippen molar-refractivity contribution < 1.29 is 32.9 Å². The van der Waals surface area contributed by atoms with Gasteiger partial charge < -0.3 is 28.8 Å². The van der Waals surface area contributed by atoms with Crippen LogP contribution in [0.2, 0.25) is 0 Å². The van der Waals surface area contributed by atoms with E-state index >= 15 is 0 Å². The highest BCUT2D eigenvalue weighted by Gasteiger charge is 2.23. The third-order valence-corrected chi connectivity index (χ3v) is 17.1. The highest BCUT2D eigenvalue weighted by molar-refractivity contribution is 7.45. The minimum absolute atomic E-state index is 0.00862. The molecule has 0 spiro atoms. The number of nitrogens with zero attached hydrogens (tertiary/aromatic N) is 1. The maximum absolute atomic E-state index is 13.0. The first-order valence-corrected chi connectivity index (χ1v) is 37.1. The van der Waals surface area contributed by atoms with Gasteiger partial charge in [-0.05, 0) is 77.0 Å². The first-order chi connectivity index (χ1) is 40.0. The highest BCUT2D eigenvalue weighted by Crippen LogP contribution is 2.38. The topological polar surface area (TPSA) is 108 Å². The van der Waals surface area contributed by atoms with Crippen LogP contribution in [0, 0.1) is 0 Å². The van der Waals surface area contributed by atoms with Crippen LogP contribution >= 0.6 is 7.82 Å². The molecule has 0 aliphatic heterocycles. The largest absolute Gasteiger partial charge is 0.756 e. The fourth-order valence-corrected chi connectivity index (χ4v) is 11.4. The number of phosphoric ester groups is 1. The molecule has 0 fully saturated rings. The summed E-state index contributed by atoms with van der Waals surface area (Å²) >= 11 is 0. The van der Waals surface area contributed by atoms with Gasteiger partial charge in [0.15, 0.2) is 0 Å².